The van der Waals surface area contributed by atoms with Crippen LogP contribution in [0.4, 0.5) is 5.69 Å². The van der Waals surface area contributed by atoms with Gasteiger partial charge >= 0.3 is 0 Å². The molecule has 2 aromatic rings. The molecule has 0 radical (unpaired) electrons. The van der Waals surface area contributed by atoms with Gasteiger partial charge in [-0.3, -0.25) is 0 Å². The third kappa shape index (κ3) is 5.37. The number of anilines is 1. The lowest BCUT2D eigenvalue weighted by Gasteiger charge is -2.25. The van der Waals surface area contributed by atoms with Crippen molar-refractivity contribution >= 4 is 11.8 Å². The second-order valence-corrected chi connectivity index (χ2v) is 7.95. The van der Waals surface area contributed by atoms with E-state index in [4.69, 9.17) is 10.5 Å². The van der Waals surface area contributed by atoms with Crippen LogP contribution < -0.4 is 15.3 Å². The molecule has 0 aromatic heterocycles. The van der Waals surface area contributed by atoms with Gasteiger partial charge in [-0.2, -0.15) is 0 Å². The van der Waals surface area contributed by atoms with Crippen molar-refractivity contribution < 1.29 is 9.57 Å². The van der Waals surface area contributed by atoms with E-state index in [9.17, 15) is 4.91 Å². The second-order valence-electron chi connectivity index (χ2n) is 7.95. The van der Waals surface area contributed by atoms with Crippen LogP contribution in [0.5, 0.6) is 11.5 Å². The smallest absolute Gasteiger partial charge is 0.161 e. The molecule has 3 rings (SSSR count). The molecule has 1 aliphatic rings. The molecule has 0 spiro atoms. The maximum absolute atomic E-state index is 10.2. The van der Waals surface area contributed by atoms with Crippen molar-refractivity contribution in [2.75, 3.05) is 12.8 Å². The number of nitrogens with zero attached hydrogens (tertiary/aromatic N) is 1. The fourth-order valence-electron chi connectivity index (χ4n) is 4.13. The lowest BCUT2D eigenvalue weighted by molar-refractivity contribution is 0.279. The molecule has 1 saturated carbocycles. The third-order valence-electron chi connectivity index (χ3n) is 5.91. The highest BCUT2D eigenvalue weighted by atomic mass is 16.7. The van der Waals surface area contributed by atoms with Gasteiger partial charge in [-0.1, -0.05) is 69.0 Å². The van der Waals surface area contributed by atoms with E-state index in [0.717, 1.165) is 34.9 Å². The fraction of sp³-hybridized carbons (Fsp3) is 0.417. The molecule has 0 aliphatic heterocycles. The summed E-state index contributed by atoms with van der Waals surface area (Å²) < 4.78 is 5.60. The topological polar surface area (TPSA) is 73.9 Å². The molecule has 2 aromatic carbocycles. The van der Waals surface area contributed by atoms with Gasteiger partial charge in [-0.15, -0.1) is 4.91 Å². The summed E-state index contributed by atoms with van der Waals surface area (Å²) in [5, 5.41) is 2.43. The van der Waals surface area contributed by atoms with Crippen molar-refractivity contribution in [1.82, 2.24) is 0 Å². The number of nitrogens with two attached hydrogens (primary N) is 1. The Morgan fingerprint density at radius 2 is 1.83 bits per heavy atom. The molecule has 1 fully saturated rings. The number of nitrogen functional groups attached to an aromatic ring is 1. The molecule has 5 nitrogen and oxygen atoms in total. The number of methoxy groups -OCH3 is 1. The average molecular weight is 395 g/mol. The molecule has 0 saturated heterocycles. The SMILES string of the molecule is COc1c(/C=C/CCC2CCC(C)CC2)ccc(-c2ccc(ON=O)cc2)c1N. The zero-order chi connectivity index (χ0) is 20.6. The summed E-state index contributed by atoms with van der Waals surface area (Å²) >= 11 is 0. The third-order valence-corrected chi connectivity index (χ3v) is 5.91. The van der Waals surface area contributed by atoms with Gasteiger partial charge in [0.1, 0.15) is 5.75 Å². The Kier molecular flexibility index (Phi) is 7.28. The number of hydrogen-bond acceptors (Lipinski definition) is 5. The van der Waals surface area contributed by atoms with Gasteiger partial charge in [0.2, 0.25) is 0 Å². The van der Waals surface area contributed by atoms with Gasteiger partial charge in [-0.05, 0) is 42.4 Å². The van der Waals surface area contributed by atoms with Crippen LogP contribution in [0.15, 0.2) is 47.8 Å². The first-order valence-corrected chi connectivity index (χ1v) is 10.4. The molecule has 154 valence electrons. The number of rotatable bonds is 8. The Hall–Kier alpha value is -2.82. The van der Waals surface area contributed by atoms with Crippen LogP contribution in [0.3, 0.4) is 0 Å². The van der Waals surface area contributed by atoms with E-state index in [1.165, 1.54) is 32.1 Å². The highest BCUT2D eigenvalue weighted by Gasteiger charge is 2.17. The van der Waals surface area contributed by atoms with E-state index in [2.05, 4.69) is 29.3 Å². The Bertz CT molecular complexity index is 838. The van der Waals surface area contributed by atoms with Crippen LogP contribution in [0.25, 0.3) is 17.2 Å². The minimum absolute atomic E-state index is 0.390. The number of benzene rings is 2. The molecule has 0 atom stereocenters. The largest absolute Gasteiger partial charge is 0.494 e. The van der Waals surface area contributed by atoms with Gasteiger partial charge in [0, 0.05) is 11.1 Å². The van der Waals surface area contributed by atoms with Crippen molar-refractivity contribution in [2.45, 2.75) is 45.4 Å². The van der Waals surface area contributed by atoms with Crippen molar-refractivity contribution in [1.29, 1.82) is 0 Å². The predicted molar refractivity (Wildman–Crippen MR) is 119 cm³/mol. The molecule has 2 N–H and O–H groups in total. The zero-order valence-electron chi connectivity index (χ0n) is 17.3. The molecule has 0 unspecified atom stereocenters. The fourth-order valence-corrected chi connectivity index (χ4v) is 4.13. The summed E-state index contributed by atoms with van der Waals surface area (Å²) in [6, 6.07) is 11.1. The first-order chi connectivity index (χ1) is 14.1. The maximum Gasteiger partial charge on any atom is 0.161 e. The van der Waals surface area contributed by atoms with Crippen LogP contribution in [0.2, 0.25) is 0 Å². The number of allylic oxidation sites excluding steroid dienone is 1. The summed E-state index contributed by atoms with van der Waals surface area (Å²) in [6.07, 6.45) is 12.2. The van der Waals surface area contributed by atoms with Crippen molar-refractivity contribution in [3.05, 3.63) is 52.9 Å². The Labute approximate surface area is 172 Å². The Morgan fingerprint density at radius 1 is 1.10 bits per heavy atom. The molecule has 1 aliphatic carbocycles. The molecule has 0 amide bonds. The summed E-state index contributed by atoms with van der Waals surface area (Å²) in [5.74, 6) is 2.84. The highest BCUT2D eigenvalue weighted by molar-refractivity contribution is 5.84. The first-order valence-electron chi connectivity index (χ1n) is 10.4. The van der Waals surface area contributed by atoms with Gasteiger partial charge in [0.05, 0.1) is 12.8 Å². The van der Waals surface area contributed by atoms with Gasteiger partial charge in [0.15, 0.2) is 11.1 Å². The molecular weight excluding hydrogens is 364 g/mol. The summed E-state index contributed by atoms with van der Waals surface area (Å²) in [6.45, 7) is 2.36. The van der Waals surface area contributed by atoms with Gasteiger partial charge in [-0.25, -0.2) is 0 Å². The quantitative estimate of drug-likeness (QED) is 0.310. The number of ether oxygens (including phenoxy) is 1. The van der Waals surface area contributed by atoms with Crippen LogP contribution in [-0.4, -0.2) is 7.11 Å². The zero-order valence-corrected chi connectivity index (χ0v) is 17.3. The van der Waals surface area contributed by atoms with Crippen molar-refractivity contribution in [3.63, 3.8) is 0 Å². The lowest BCUT2D eigenvalue weighted by Crippen LogP contribution is -2.11. The first kappa shape index (κ1) is 20.9. The van der Waals surface area contributed by atoms with Gasteiger partial charge < -0.3 is 15.3 Å². The van der Waals surface area contributed by atoms with Gasteiger partial charge in [0.25, 0.3) is 0 Å². The van der Waals surface area contributed by atoms with E-state index in [0.29, 0.717) is 17.2 Å². The van der Waals surface area contributed by atoms with Crippen molar-refractivity contribution in [2.24, 2.45) is 17.2 Å². The summed E-state index contributed by atoms with van der Waals surface area (Å²) in [5.41, 5.74) is 9.77. The monoisotopic (exact) mass is 394 g/mol. The minimum atomic E-state index is 0.390. The lowest BCUT2D eigenvalue weighted by atomic mass is 9.81. The molecule has 5 heteroatoms. The van der Waals surface area contributed by atoms with Crippen LogP contribution in [0.1, 0.15) is 51.0 Å². The minimum Gasteiger partial charge on any atom is -0.494 e. The van der Waals surface area contributed by atoms with Crippen LogP contribution >= 0.6 is 0 Å². The van der Waals surface area contributed by atoms with Crippen LogP contribution in [0, 0.1) is 16.7 Å². The van der Waals surface area contributed by atoms with E-state index in [1.807, 2.05) is 24.3 Å². The molecule has 29 heavy (non-hydrogen) atoms. The maximum atomic E-state index is 10.2. The highest BCUT2D eigenvalue weighted by Crippen LogP contribution is 2.37. The molecular formula is C24H30N2O3. The van der Waals surface area contributed by atoms with E-state index < -0.39 is 0 Å². The molecule has 0 bridgehead atoms. The summed E-state index contributed by atoms with van der Waals surface area (Å²) in [4.78, 5) is 14.8. The summed E-state index contributed by atoms with van der Waals surface area (Å²) in [7, 11) is 1.64. The normalized spacial score (nSPS) is 19.2. The Balaban J connectivity index is 1.68. The van der Waals surface area contributed by atoms with Crippen molar-refractivity contribution in [3.8, 4) is 22.6 Å². The molecule has 0 heterocycles. The van der Waals surface area contributed by atoms with Crippen LogP contribution in [-0.2, 0) is 0 Å². The predicted octanol–water partition coefficient (Wildman–Crippen LogP) is 6.62. The number of hydrogen-bond donors (Lipinski definition) is 1. The second kappa shape index (κ2) is 10.1. The standard InChI is InChI=1S/C24H30N2O3/c1-17-7-9-18(10-8-17)5-3-4-6-20-13-16-22(23(25)24(20)28-2)19-11-14-21(15-12-19)29-26-27/h4,6,11-18H,3,5,7-10,25H2,1-2H3/b6-4+. The Morgan fingerprint density at radius 3 is 2.48 bits per heavy atom. The van der Waals surface area contributed by atoms with E-state index in [1.54, 1.807) is 19.2 Å². The van der Waals surface area contributed by atoms with E-state index >= 15 is 0 Å². The van der Waals surface area contributed by atoms with E-state index in [-0.39, 0.29) is 0 Å². The average Bonchev–Trinajstić information content (AvgIpc) is 2.74.